The summed E-state index contributed by atoms with van der Waals surface area (Å²) in [5.41, 5.74) is 0. The highest BCUT2D eigenvalue weighted by Crippen LogP contribution is 2.17. The molecule has 0 spiro atoms. The smallest absolute Gasteiger partial charge is 0.306 e. The molecule has 0 aliphatic carbocycles. The lowest BCUT2D eigenvalue weighted by molar-refractivity contribution is -0.889. The van der Waals surface area contributed by atoms with Crippen LogP contribution in [-0.4, -0.2) is 75.5 Å². The number of carboxylic acids is 1. The molecule has 0 rings (SSSR count). The number of hydrogen-bond acceptors (Lipinski definition) is 7. The van der Waals surface area contributed by atoms with Crippen LogP contribution in [0.3, 0.4) is 0 Å². The molecule has 8 heteroatoms. The molecule has 0 aliphatic heterocycles. The Hall–Kier alpha value is -1.93. The van der Waals surface area contributed by atoms with Crippen LogP contribution in [-0.2, 0) is 28.6 Å². The number of carbonyl (C=O) groups is 3. The fourth-order valence-corrected chi connectivity index (χ4v) is 8.60. The molecule has 2 unspecified atom stereocenters. The third kappa shape index (κ3) is 45.2. The highest BCUT2D eigenvalue weighted by Gasteiger charge is 2.25. The van der Waals surface area contributed by atoms with E-state index in [9.17, 15) is 19.5 Å². The molecule has 0 amide bonds. The van der Waals surface area contributed by atoms with Gasteiger partial charge in [-0.05, 0) is 38.5 Å². The van der Waals surface area contributed by atoms with Crippen molar-refractivity contribution >= 4 is 17.9 Å². The normalized spacial score (nSPS) is 12.8. The summed E-state index contributed by atoms with van der Waals surface area (Å²) in [6.07, 6.45) is 53.9. The van der Waals surface area contributed by atoms with Crippen LogP contribution >= 0.6 is 0 Å². The minimum Gasteiger partial charge on any atom is -0.544 e. The van der Waals surface area contributed by atoms with E-state index in [0.29, 0.717) is 12.8 Å². The van der Waals surface area contributed by atoms with Gasteiger partial charge in [-0.3, -0.25) is 9.59 Å². The number of rotatable bonds is 51. The topological polar surface area (TPSA) is 102 Å². The summed E-state index contributed by atoms with van der Waals surface area (Å²) in [5, 5.41) is 11.7. The average molecular weight is 906 g/mol. The minimum atomic E-state index is -1.12. The summed E-state index contributed by atoms with van der Waals surface area (Å²) in [6, 6.07) is -0.723. The predicted molar refractivity (Wildman–Crippen MR) is 268 cm³/mol. The van der Waals surface area contributed by atoms with Crippen LogP contribution in [0.5, 0.6) is 0 Å². The number of nitrogens with zero attached hydrogens (tertiary/aromatic N) is 1. The van der Waals surface area contributed by atoms with E-state index in [1.807, 2.05) is 21.1 Å². The fraction of sp³-hybridized carbons (Fsp3) is 0.911. The van der Waals surface area contributed by atoms with E-state index in [1.165, 1.54) is 205 Å². The molecule has 0 N–H and O–H groups in total. The second-order valence-corrected chi connectivity index (χ2v) is 20.2. The number of carbonyl (C=O) groups excluding carboxylic acids is 3. The van der Waals surface area contributed by atoms with Crippen molar-refractivity contribution in [1.29, 1.82) is 0 Å². The van der Waals surface area contributed by atoms with E-state index in [1.54, 1.807) is 0 Å². The summed E-state index contributed by atoms with van der Waals surface area (Å²) in [7, 11) is 5.43. The Morgan fingerprint density at radius 2 is 0.781 bits per heavy atom. The Labute approximate surface area is 397 Å². The lowest BCUT2D eigenvalue weighted by Crippen LogP contribution is -2.55. The van der Waals surface area contributed by atoms with Crippen LogP contribution in [0.4, 0.5) is 0 Å². The predicted octanol–water partition coefficient (Wildman–Crippen LogP) is 14.9. The first kappa shape index (κ1) is 62.1. The Balaban J connectivity index is 4.17. The Morgan fingerprint density at radius 3 is 1.12 bits per heavy atom. The van der Waals surface area contributed by atoms with E-state index in [2.05, 4.69) is 26.0 Å². The Kier molecular flexibility index (Phi) is 46.1. The molecule has 0 saturated carbocycles. The van der Waals surface area contributed by atoms with E-state index in [0.717, 1.165) is 38.5 Å². The molecular formula is C56H107NO7. The lowest BCUT2D eigenvalue weighted by Gasteiger charge is -2.34. The highest BCUT2D eigenvalue weighted by atomic mass is 16.6. The van der Waals surface area contributed by atoms with Gasteiger partial charge in [0.05, 0.1) is 40.3 Å². The van der Waals surface area contributed by atoms with Crippen molar-refractivity contribution in [1.82, 2.24) is 0 Å². The quantitative estimate of drug-likeness (QED) is 0.0259. The van der Waals surface area contributed by atoms with Gasteiger partial charge in [0, 0.05) is 19.3 Å². The molecule has 0 saturated heterocycles. The van der Waals surface area contributed by atoms with Gasteiger partial charge in [-0.25, -0.2) is 0 Å². The number of esters is 2. The number of quaternary nitrogens is 1. The summed E-state index contributed by atoms with van der Waals surface area (Å²) in [5.74, 6) is -1.72. The zero-order valence-corrected chi connectivity index (χ0v) is 43.2. The second-order valence-electron chi connectivity index (χ2n) is 20.2. The first-order valence-electron chi connectivity index (χ1n) is 27.7. The van der Waals surface area contributed by atoms with Crippen molar-refractivity contribution in [3.63, 3.8) is 0 Å². The molecular weight excluding hydrogens is 799 g/mol. The molecule has 2 atom stereocenters. The molecule has 0 aromatic heterocycles. The van der Waals surface area contributed by atoms with Crippen molar-refractivity contribution in [2.24, 2.45) is 0 Å². The molecule has 378 valence electrons. The molecule has 8 nitrogen and oxygen atoms in total. The number of unbranched alkanes of at least 4 members (excludes halogenated alkanes) is 35. The van der Waals surface area contributed by atoms with Crippen LogP contribution in [0.2, 0.25) is 0 Å². The summed E-state index contributed by atoms with van der Waals surface area (Å²) < 4.78 is 17.3. The second kappa shape index (κ2) is 47.6. The van der Waals surface area contributed by atoms with Crippen molar-refractivity contribution in [2.45, 2.75) is 289 Å². The van der Waals surface area contributed by atoms with Crippen molar-refractivity contribution in [3.05, 3.63) is 12.2 Å². The minimum absolute atomic E-state index is 0.0453. The molecule has 0 aromatic rings. The van der Waals surface area contributed by atoms with Crippen molar-refractivity contribution < 1.29 is 38.2 Å². The zero-order chi connectivity index (χ0) is 47.0. The van der Waals surface area contributed by atoms with Gasteiger partial charge in [0.15, 0.2) is 6.10 Å². The van der Waals surface area contributed by atoms with Crippen LogP contribution in [0.15, 0.2) is 12.2 Å². The molecule has 0 bridgehead atoms. The highest BCUT2D eigenvalue weighted by molar-refractivity contribution is 5.70. The van der Waals surface area contributed by atoms with Gasteiger partial charge in [0.1, 0.15) is 12.6 Å². The number of aliphatic carboxylic acids is 1. The summed E-state index contributed by atoms with van der Waals surface area (Å²) in [4.78, 5) is 37.1. The van der Waals surface area contributed by atoms with Gasteiger partial charge in [-0.15, -0.1) is 0 Å². The zero-order valence-electron chi connectivity index (χ0n) is 43.2. The van der Waals surface area contributed by atoms with Gasteiger partial charge < -0.3 is 28.6 Å². The summed E-state index contributed by atoms with van der Waals surface area (Å²) >= 11 is 0. The maximum atomic E-state index is 12.8. The lowest BCUT2D eigenvalue weighted by atomic mass is 10.0. The number of ether oxygens (including phenoxy) is 3. The van der Waals surface area contributed by atoms with Gasteiger partial charge in [0.25, 0.3) is 0 Å². The standard InChI is InChI=1S/C56H107NO7/c1-6-8-10-12-14-16-18-20-22-24-26-27-28-29-31-33-35-37-39-41-43-45-47-55(59)64-52(50-62-49-48-53(56(60)61)57(3,4)5)51-63-54(58)46-44-42-40-38-36-34-32-30-25-23-21-19-17-15-13-11-9-7-2/h28-29,52-53H,6-27,30-51H2,1-5H3/b29-28+. The molecule has 0 fully saturated rings. The SMILES string of the molecule is CCCCCCCCCCCCC/C=C/CCCCCCCCCC(=O)OC(COCCC(C(=O)[O-])[N+](C)(C)C)COC(=O)CCCCCCCCCCCCCCCCCCCC. The first-order valence-corrected chi connectivity index (χ1v) is 27.7. The largest absolute Gasteiger partial charge is 0.544 e. The monoisotopic (exact) mass is 906 g/mol. The van der Waals surface area contributed by atoms with Gasteiger partial charge in [-0.2, -0.15) is 0 Å². The van der Waals surface area contributed by atoms with E-state index >= 15 is 0 Å². The van der Waals surface area contributed by atoms with E-state index < -0.39 is 18.1 Å². The maximum absolute atomic E-state index is 12.8. The third-order valence-corrected chi connectivity index (χ3v) is 12.9. The van der Waals surface area contributed by atoms with Crippen LogP contribution in [0.25, 0.3) is 0 Å². The molecule has 0 aliphatic rings. The van der Waals surface area contributed by atoms with E-state index in [4.69, 9.17) is 14.2 Å². The summed E-state index contributed by atoms with van der Waals surface area (Å²) in [6.45, 7) is 4.72. The fourth-order valence-electron chi connectivity index (χ4n) is 8.60. The number of allylic oxidation sites excluding steroid dienone is 2. The number of carboxylic acid groups (broad SMARTS) is 1. The van der Waals surface area contributed by atoms with Gasteiger partial charge in [-0.1, -0.05) is 231 Å². The Morgan fingerprint density at radius 1 is 0.453 bits per heavy atom. The van der Waals surface area contributed by atoms with Crippen LogP contribution in [0, 0.1) is 0 Å². The van der Waals surface area contributed by atoms with Crippen molar-refractivity contribution in [3.8, 4) is 0 Å². The maximum Gasteiger partial charge on any atom is 0.306 e. The molecule has 0 aromatic carbocycles. The van der Waals surface area contributed by atoms with E-state index in [-0.39, 0.29) is 42.7 Å². The van der Waals surface area contributed by atoms with Gasteiger partial charge >= 0.3 is 11.9 Å². The number of hydrogen-bond donors (Lipinski definition) is 0. The third-order valence-electron chi connectivity index (χ3n) is 12.9. The van der Waals surface area contributed by atoms with Crippen LogP contribution in [0.1, 0.15) is 277 Å². The average Bonchev–Trinajstić information content (AvgIpc) is 3.26. The molecule has 0 radical (unpaired) electrons. The van der Waals surface area contributed by atoms with Crippen LogP contribution < -0.4 is 5.11 Å². The van der Waals surface area contributed by atoms with Gasteiger partial charge in [0.2, 0.25) is 0 Å². The van der Waals surface area contributed by atoms with Crippen molar-refractivity contribution in [2.75, 3.05) is 41.0 Å². The molecule has 64 heavy (non-hydrogen) atoms. The number of likely N-dealkylation sites (N-methyl/N-ethyl adjacent to an activating group) is 1. The first-order chi connectivity index (χ1) is 31.1. The Bertz CT molecular complexity index is 1060. The molecule has 0 heterocycles.